The molecular formula is C20H18N4O2. The lowest BCUT2D eigenvalue weighted by atomic mass is 10.2. The van der Waals surface area contributed by atoms with Crippen molar-refractivity contribution < 1.29 is 9.59 Å². The van der Waals surface area contributed by atoms with Crippen molar-refractivity contribution in [1.82, 2.24) is 4.98 Å². The maximum atomic E-state index is 12.0. The number of nitrogens with one attached hydrogen (secondary N) is 3. The molecule has 0 saturated carbocycles. The van der Waals surface area contributed by atoms with Crippen LogP contribution < -0.4 is 16.0 Å². The first-order chi connectivity index (χ1) is 12.6. The fourth-order valence-electron chi connectivity index (χ4n) is 2.29. The van der Waals surface area contributed by atoms with Crippen LogP contribution in [0.2, 0.25) is 0 Å². The van der Waals surface area contributed by atoms with Crippen LogP contribution in [0.4, 0.5) is 22.9 Å². The van der Waals surface area contributed by atoms with Gasteiger partial charge in [0.05, 0.1) is 0 Å². The first-order valence-corrected chi connectivity index (χ1v) is 8.07. The summed E-state index contributed by atoms with van der Waals surface area (Å²) in [4.78, 5) is 28.0. The van der Waals surface area contributed by atoms with Gasteiger partial charge in [-0.25, -0.2) is 4.98 Å². The maximum absolute atomic E-state index is 12.0. The van der Waals surface area contributed by atoms with E-state index in [0.29, 0.717) is 11.5 Å². The predicted molar refractivity (Wildman–Crippen MR) is 102 cm³/mol. The molecule has 0 saturated heterocycles. The number of hydrogen-bond acceptors (Lipinski definition) is 4. The number of benzene rings is 2. The summed E-state index contributed by atoms with van der Waals surface area (Å²) in [7, 11) is 0. The zero-order chi connectivity index (χ0) is 18.4. The quantitative estimate of drug-likeness (QED) is 0.629. The molecule has 1 aromatic heterocycles. The fourth-order valence-corrected chi connectivity index (χ4v) is 2.29. The fraction of sp³-hybridized carbons (Fsp3) is 0.0500. The lowest BCUT2D eigenvalue weighted by Crippen LogP contribution is -2.29. The van der Waals surface area contributed by atoms with E-state index in [0.717, 1.165) is 16.9 Å². The van der Waals surface area contributed by atoms with Crippen molar-refractivity contribution in [3.63, 3.8) is 0 Å². The Morgan fingerprint density at radius 1 is 0.769 bits per heavy atom. The SMILES string of the molecule is Cc1ccnc(NC(=O)C(=O)Nc2ccc(Nc3ccccc3)cc2)c1. The van der Waals surface area contributed by atoms with Gasteiger partial charge in [0, 0.05) is 23.3 Å². The van der Waals surface area contributed by atoms with Gasteiger partial charge in [-0.1, -0.05) is 18.2 Å². The summed E-state index contributed by atoms with van der Waals surface area (Å²) in [5.74, 6) is -1.18. The molecule has 0 aliphatic heterocycles. The van der Waals surface area contributed by atoms with E-state index < -0.39 is 11.8 Å². The number of anilines is 4. The average Bonchev–Trinajstić information content (AvgIpc) is 2.64. The van der Waals surface area contributed by atoms with Gasteiger partial charge in [0.25, 0.3) is 0 Å². The van der Waals surface area contributed by atoms with Gasteiger partial charge in [-0.2, -0.15) is 0 Å². The normalized spacial score (nSPS) is 10.0. The third-order valence-corrected chi connectivity index (χ3v) is 3.57. The maximum Gasteiger partial charge on any atom is 0.315 e. The number of carbonyl (C=O) groups excluding carboxylic acids is 2. The van der Waals surface area contributed by atoms with Crippen molar-refractivity contribution in [2.24, 2.45) is 0 Å². The zero-order valence-electron chi connectivity index (χ0n) is 14.2. The van der Waals surface area contributed by atoms with Crippen LogP contribution in [-0.2, 0) is 9.59 Å². The number of carbonyl (C=O) groups is 2. The molecule has 0 aliphatic carbocycles. The lowest BCUT2D eigenvalue weighted by Gasteiger charge is -2.09. The van der Waals surface area contributed by atoms with Crippen LogP contribution in [0.1, 0.15) is 5.56 Å². The highest BCUT2D eigenvalue weighted by atomic mass is 16.2. The molecule has 6 nitrogen and oxygen atoms in total. The van der Waals surface area contributed by atoms with E-state index in [1.165, 1.54) is 0 Å². The molecule has 2 amide bonds. The van der Waals surface area contributed by atoms with Crippen LogP contribution in [-0.4, -0.2) is 16.8 Å². The highest BCUT2D eigenvalue weighted by Crippen LogP contribution is 2.18. The second-order valence-electron chi connectivity index (χ2n) is 5.70. The van der Waals surface area contributed by atoms with Crippen LogP contribution in [0.5, 0.6) is 0 Å². The van der Waals surface area contributed by atoms with E-state index in [9.17, 15) is 9.59 Å². The van der Waals surface area contributed by atoms with E-state index >= 15 is 0 Å². The van der Waals surface area contributed by atoms with E-state index in [4.69, 9.17) is 0 Å². The van der Waals surface area contributed by atoms with Gasteiger partial charge in [-0.3, -0.25) is 9.59 Å². The minimum atomic E-state index is -0.769. The number of pyridine rings is 1. The number of amides is 2. The van der Waals surface area contributed by atoms with E-state index in [-0.39, 0.29) is 0 Å². The second-order valence-corrected chi connectivity index (χ2v) is 5.70. The lowest BCUT2D eigenvalue weighted by molar-refractivity contribution is -0.133. The minimum absolute atomic E-state index is 0.340. The molecule has 1 heterocycles. The van der Waals surface area contributed by atoms with Crippen molar-refractivity contribution in [3.05, 3.63) is 78.5 Å². The molecule has 2 aromatic carbocycles. The molecular weight excluding hydrogens is 328 g/mol. The number of nitrogens with zero attached hydrogens (tertiary/aromatic N) is 1. The Kier molecular flexibility index (Phi) is 5.24. The topological polar surface area (TPSA) is 83.1 Å². The molecule has 0 radical (unpaired) electrons. The number of hydrogen-bond donors (Lipinski definition) is 3. The van der Waals surface area contributed by atoms with Crippen molar-refractivity contribution in [2.75, 3.05) is 16.0 Å². The van der Waals surface area contributed by atoms with Crippen molar-refractivity contribution in [3.8, 4) is 0 Å². The predicted octanol–water partition coefficient (Wildman–Crippen LogP) is 3.71. The molecule has 0 unspecified atom stereocenters. The molecule has 0 atom stereocenters. The van der Waals surface area contributed by atoms with Gasteiger partial charge in [-0.05, 0) is 61.0 Å². The number of para-hydroxylation sites is 1. The summed E-state index contributed by atoms with van der Waals surface area (Å²) in [6.45, 7) is 1.88. The Balaban J connectivity index is 1.58. The highest BCUT2D eigenvalue weighted by molar-refractivity contribution is 6.43. The van der Waals surface area contributed by atoms with Crippen molar-refractivity contribution in [1.29, 1.82) is 0 Å². The third kappa shape index (κ3) is 4.67. The minimum Gasteiger partial charge on any atom is -0.356 e. The summed E-state index contributed by atoms with van der Waals surface area (Å²) in [5, 5.41) is 8.28. The molecule has 3 N–H and O–H groups in total. The van der Waals surface area contributed by atoms with Crippen molar-refractivity contribution >= 4 is 34.7 Å². The number of aromatic nitrogens is 1. The Bertz CT molecular complexity index is 909. The third-order valence-electron chi connectivity index (χ3n) is 3.57. The first kappa shape index (κ1) is 17.2. The average molecular weight is 346 g/mol. The van der Waals surface area contributed by atoms with Crippen LogP contribution in [0.15, 0.2) is 72.9 Å². The summed E-state index contributed by atoms with van der Waals surface area (Å²) in [6.07, 6.45) is 1.57. The number of aryl methyl sites for hydroxylation is 1. The Morgan fingerprint density at radius 2 is 1.38 bits per heavy atom. The van der Waals surface area contributed by atoms with Crippen LogP contribution >= 0.6 is 0 Å². The molecule has 26 heavy (non-hydrogen) atoms. The largest absolute Gasteiger partial charge is 0.356 e. The summed E-state index contributed by atoms with van der Waals surface area (Å²) >= 11 is 0. The standard InChI is InChI=1S/C20H18N4O2/c1-14-11-12-21-18(13-14)24-20(26)19(25)23-17-9-7-16(8-10-17)22-15-5-3-2-4-6-15/h2-13,22H,1H3,(H,23,25)(H,21,24,26). The van der Waals surface area contributed by atoms with E-state index in [1.807, 2.05) is 49.4 Å². The van der Waals surface area contributed by atoms with Crippen LogP contribution in [0, 0.1) is 6.92 Å². The molecule has 130 valence electrons. The first-order valence-electron chi connectivity index (χ1n) is 8.07. The summed E-state index contributed by atoms with van der Waals surface area (Å²) in [5.41, 5.74) is 3.31. The smallest absolute Gasteiger partial charge is 0.315 e. The molecule has 6 heteroatoms. The molecule has 0 fully saturated rings. The second kappa shape index (κ2) is 7.94. The zero-order valence-corrected chi connectivity index (χ0v) is 14.2. The van der Waals surface area contributed by atoms with Crippen LogP contribution in [0.3, 0.4) is 0 Å². The molecule has 3 rings (SSSR count). The van der Waals surface area contributed by atoms with E-state index in [1.54, 1.807) is 30.5 Å². The van der Waals surface area contributed by atoms with E-state index in [2.05, 4.69) is 20.9 Å². The highest BCUT2D eigenvalue weighted by Gasteiger charge is 2.14. The monoisotopic (exact) mass is 346 g/mol. The molecule has 0 spiro atoms. The Hall–Kier alpha value is -3.67. The van der Waals surface area contributed by atoms with Gasteiger partial charge in [0.15, 0.2) is 0 Å². The number of rotatable bonds is 4. The van der Waals surface area contributed by atoms with Crippen LogP contribution in [0.25, 0.3) is 0 Å². The van der Waals surface area contributed by atoms with Gasteiger partial charge in [0.1, 0.15) is 5.82 Å². The summed E-state index contributed by atoms with van der Waals surface area (Å²) < 4.78 is 0. The molecule has 0 aliphatic rings. The van der Waals surface area contributed by atoms with Gasteiger partial charge in [-0.15, -0.1) is 0 Å². The van der Waals surface area contributed by atoms with Gasteiger partial charge >= 0.3 is 11.8 Å². The van der Waals surface area contributed by atoms with Gasteiger partial charge < -0.3 is 16.0 Å². The Morgan fingerprint density at radius 3 is 2.08 bits per heavy atom. The summed E-state index contributed by atoms with van der Waals surface area (Å²) in [6, 6.07) is 20.3. The van der Waals surface area contributed by atoms with Gasteiger partial charge in [0.2, 0.25) is 0 Å². The van der Waals surface area contributed by atoms with Crippen molar-refractivity contribution in [2.45, 2.75) is 6.92 Å². The Labute approximate surface area is 151 Å². The molecule has 3 aromatic rings. The molecule has 0 bridgehead atoms.